The minimum atomic E-state index is -0.473. The monoisotopic (exact) mass is 792 g/mol. The lowest BCUT2D eigenvalue weighted by Gasteiger charge is -2.26. The molecule has 2 N–H and O–H groups in total. The number of esters is 2. The van der Waals surface area contributed by atoms with Gasteiger partial charge in [0.15, 0.2) is 0 Å². The molecule has 0 aliphatic carbocycles. The topological polar surface area (TPSA) is 112 Å². The fourth-order valence-corrected chi connectivity index (χ4v) is 7.23. The second kappa shape index (κ2) is 16.5. The van der Waals surface area contributed by atoms with Crippen molar-refractivity contribution in [2.24, 2.45) is 0 Å². The Morgan fingerprint density at radius 1 is 0.431 bits per heavy atom. The van der Waals surface area contributed by atoms with E-state index in [1.165, 1.54) is 13.8 Å². The number of ether oxygens (including phenoxy) is 4. The van der Waals surface area contributed by atoms with E-state index in [9.17, 15) is 19.8 Å². The van der Waals surface area contributed by atoms with E-state index in [-0.39, 0.29) is 72.4 Å². The Hall–Kier alpha value is -4.66. The highest BCUT2D eigenvalue weighted by atomic mass is 16.5. The molecule has 4 aromatic carbocycles. The van der Waals surface area contributed by atoms with Gasteiger partial charge < -0.3 is 29.2 Å². The molecule has 1 aliphatic rings. The van der Waals surface area contributed by atoms with Gasteiger partial charge in [-0.1, -0.05) is 107 Å². The Bertz CT molecular complexity index is 2040. The van der Waals surface area contributed by atoms with E-state index in [0.717, 1.165) is 33.4 Å². The third kappa shape index (κ3) is 10.5. The normalized spacial score (nSPS) is 14.4. The second-order valence-corrected chi connectivity index (χ2v) is 20.1. The highest BCUT2D eigenvalue weighted by Gasteiger charge is 2.27. The summed E-state index contributed by atoms with van der Waals surface area (Å²) in [6.45, 7) is 28.6. The Morgan fingerprint density at radius 3 is 0.966 bits per heavy atom. The second-order valence-electron chi connectivity index (χ2n) is 20.1. The van der Waals surface area contributed by atoms with Crippen LogP contribution in [0.1, 0.15) is 164 Å². The van der Waals surface area contributed by atoms with Gasteiger partial charge in [0.05, 0.1) is 26.4 Å². The molecule has 312 valence electrons. The molecule has 0 fully saturated rings. The molecule has 4 aromatic rings. The van der Waals surface area contributed by atoms with E-state index < -0.39 is 11.9 Å². The van der Waals surface area contributed by atoms with Gasteiger partial charge >= 0.3 is 11.9 Å². The van der Waals surface area contributed by atoms with Gasteiger partial charge in [-0.05, 0) is 79.3 Å². The molecule has 0 amide bonds. The summed E-state index contributed by atoms with van der Waals surface area (Å²) in [5.74, 6) is 0.0469. The predicted molar refractivity (Wildman–Crippen MR) is 229 cm³/mol. The number of phenolic OH excluding ortho intramolecular Hbond substituents is 2. The number of hydrogen-bond donors (Lipinski definition) is 2. The van der Waals surface area contributed by atoms with Crippen molar-refractivity contribution in [3.8, 4) is 23.0 Å². The molecule has 0 spiro atoms. The summed E-state index contributed by atoms with van der Waals surface area (Å²) >= 11 is 0. The van der Waals surface area contributed by atoms with Crippen LogP contribution in [0.3, 0.4) is 0 Å². The molecule has 0 radical (unpaired) electrons. The molecule has 8 heteroatoms. The fraction of sp³-hybridized carbons (Fsp3) is 0.480. The van der Waals surface area contributed by atoms with E-state index in [4.69, 9.17) is 18.9 Å². The van der Waals surface area contributed by atoms with Crippen molar-refractivity contribution in [1.29, 1.82) is 0 Å². The van der Waals surface area contributed by atoms with E-state index in [2.05, 4.69) is 95.2 Å². The highest BCUT2D eigenvalue weighted by molar-refractivity contribution is 5.72. The number of carbonyl (C=O) groups is 2. The first-order chi connectivity index (χ1) is 26.7. The molecule has 8 nitrogen and oxygen atoms in total. The van der Waals surface area contributed by atoms with Crippen LogP contribution in [-0.2, 0) is 80.0 Å². The summed E-state index contributed by atoms with van der Waals surface area (Å²) in [4.78, 5) is 25.5. The van der Waals surface area contributed by atoms with E-state index in [1.807, 2.05) is 36.4 Å². The maximum atomic E-state index is 12.8. The van der Waals surface area contributed by atoms with Gasteiger partial charge in [0.2, 0.25) is 0 Å². The van der Waals surface area contributed by atoms with Gasteiger partial charge in [-0.25, -0.2) is 0 Å². The van der Waals surface area contributed by atoms with Gasteiger partial charge in [0.1, 0.15) is 23.0 Å². The van der Waals surface area contributed by atoms with Crippen molar-refractivity contribution < 1.29 is 38.7 Å². The standard InChI is InChI=1S/C50H64O8/c1-29(51)57-45-33-16-34-20-42(50(12,13)14)24-38(46(34)58-30(2)52)28-56-26-36-22-40(48(6,7)8)18-32(44(36)54)15-31-17-39(47(3,4)5)21-35(43(31)53)25-55-27-37(45)23-41(19-33)49(9,10)11/h17-24,53-54H,15-16,25-28H2,1-14H3. The molecule has 0 saturated carbocycles. The number of benzene rings is 4. The van der Waals surface area contributed by atoms with Crippen LogP contribution < -0.4 is 9.47 Å². The first kappa shape index (κ1) is 44.4. The van der Waals surface area contributed by atoms with Crippen molar-refractivity contribution in [2.75, 3.05) is 0 Å². The highest BCUT2D eigenvalue weighted by Crippen LogP contribution is 2.41. The van der Waals surface area contributed by atoms with Crippen LogP contribution in [0.2, 0.25) is 0 Å². The molecule has 58 heavy (non-hydrogen) atoms. The molecule has 8 bridgehead atoms. The summed E-state index contributed by atoms with van der Waals surface area (Å²) < 4.78 is 25.0. The van der Waals surface area contributed by atoms with Crippen LogP contribution in [0.5, 0.6) is 23.0 Å². The molecule has 5 rings (SSSR count). The van der Waals surface area contributed by atoms with Crippen LogP contribution in [0.25, 0.3) is 0 Å². The number of fused-ring (bicyclic) bond motifs is 8. The number of hydrogen-bond acceptors (Lipinski definition) is 8. The van der Waals surface area contributed by atoms with Crippen LogP contribution in [0, 0.1) is 0 Å². The summed E-state index contributed by atoms with van der Waals surface area (Å²) in [7, 11) is 0. The lowest BCUT2D eigenvalue weighted by molar-refractivity contribution is -0.132. The van der Waals surface area contributed by atoms with Crippen LogP contribution in [0.4, 0.5) is 0 Å². The van der Waals surface area contributed by atoms with Crippen molar-refractivity contribution in [1.82, 2.24) is 0 Å². The van der Waals surface area contributed by atoms with E-state index in [1.54, 1.807) is 0 Å². The molecular weight excluding hydrogens is 729 g/mol. The smallest absolute Gasteiger partial charge is 0.308 e. The molecule has 1 aliphatic heterocycles. The maximum Gasteiger partial charge on any atom is 0.308 e. The summed E-state index contributed by atoms with van der Waals surface area (Å²) in [5.41, 5.74) is 8.43. The van der Waals surface area contributed by atoms with Gasteiger partial charge in [-0.15, -0.1) is 0 Å². The maximum absolute atomic E-state index is 12.8. The summed E-state index contributed by atoms with van der Waals surface area (Å²) in [6.07, 6.45) is 0.543. The average molecular weight is 793 g/mol. The largest absolute Gasteiger partial charge is 0.507 e. The minimum absolute atomic E-state index is 0.0814. The lowest BCUT2D eigenvalue weighted by Crippen LogP contribution is -2.17. The Morgan fingerprint density at radius 2 is 0.672 bits per heavy atom. The Labute approximate surface area is 345 Å². The fourth-order valence-electron chi connectivity index (χ4n) is 7.23. The lowest BCUT2D eigenvalue weighted by atomic mass is 9.82. The zero-order chi connectivity index (χ0) is 43.1. The Kier molecular flexibility index (Phi) is 12.7. The van der Waals surface area contributed by atoms with Crippen LogP contribution >= 0.6 is 0 Å². The predicted octanol–water partition coefficient (Wildman–Crippen LogP) is 11.1. The van der Waals surface area contributed by atoms with E-state index in [0.29, 0.717) is 44.9 Å². The first-order valence-electron chi connectivity index (χ1n) is 20.3. The average Bonchev–Trinajstić information content (AvgIpc) is 3.07. The number of carbonyl (C=O) groups excluding carboxylic acids is 2. The van der Waals surface area contributed by atoms with Crippen molar-refractivity contribution in [2.45, 2.75) is 158 Å². The minimum Gasteiger partial charge on any atom is -0.507 e. The quantitative estimate of drug-likeness (QED) is 0.152. The van der Waals surface area contributed by atoms with E-state index >= 15 is 0 Å². The first-order valence-corrected chi connectivity index (χ1v) is 20.3. The van der Waals surface area contributed by atoms with Crippen LogP contribution in [0.15, 0.2) is 48.5 Å². The van der Waals surface area contributed by atoms with Gasteiger partial charge in [0.25, 0.3) is 0 Å². The molecule has 0 aromatic heterocycles. The third-order valence-electron chi connectivity index (χ3n) is 10.8. The number of rotatable bonds is 2. The van der Waals surface area contributed by atoms with Gasteiger partial charge in [0, 0.05) is 60.1 Å². The summed E-state index contributed by atoms with van der Waals surface area (Å²) in [6, 6.07) is 16.1. The van der Waals surface area contributed by atoms with Crippen LogP contribution in [-0.4, -0.2) is 22.2 Å². The van der Waals surface area contributed by atoms with Gasteiger partial charge in [-0.2, -0.15) is 0 Å². The molecule has 1 heterocycles. The zero-order valence-electron chi connectivity index (χ0n) is 37.2. The van der Waals surface area contributed by atoms with Gasteiger partial charge in [-0.3, -0.25) is 9.59 Å². The van der Waals surface area contributed by atoms with Crippen molar-refractivity contribution in [3.05, 3.63) is 115 Å². The van der Waals surface area contributed by atoms with Crippen molar-refractivity contribution in [3.63, 3.8) is 0 Å². The number of aromatic hydroxyl groups is 2. The molecule has 0 atom stereocenters. The molecule has 0 saturated heterocycles. The zero-order valence-corrected chi connectivity index (χ0v) is 37.2. The summed E-state index contributed by atoms with van der Waals surface area (Å²) in [5, 5.41) is 23.7. The Balaban J connectivity index is 1.81. The van der Waals surface area contributed by atoms with Crippen molar-refractivity contribution >= 4 is 11.9 Å². The number of phenols is 2. The molecular formula is C50H64O8. The third-order valence-corrected chi connectivity index (χ3v) is 10.8. The molecule has 0 unspecified atom stereocenters. The SMILES string of the molecule is CC(=O)Oc1c2cc(C(C)(C)C)cc1Cc1cc(C(C)(C)C)cc(c1OC(C)=O)COCc1cc(C(C)(C)C)cc(c1O)Cc1cc(C(C)(C)C)cc(c1O)COC2.